The summed E-state index contributed by atoms with van der Waals surface area (Å²) in [5.41, 5.74) is 11.9. The van der Waals surface area contributed by atoms with Gasteiger partial charge in [-0.25, -0.2) is 0 Å². The van der Waals surface area contributed by atoms with E-state index in [4.69, 9.17) is 5.73 Å². The Morgan fingerprint density at radius 3 is 2.74 bits per heavy atom. The van der Waals surface area contributed by atoms with Crippen LogP contribution in [0.1, 0.15) is 24.0 Å². The summed E-state index contributed by atoms with van der Waals surface area (Å²) < 4.78 is 1.04. The monoisotopic (exact) mass is 316 g/mol. The van der Waals surface area contributed by atoms with Crippen LogP contribution in [0, 0.1) is 0 Å². The first-order valence-corrected chi connectivity index (χ1v) is 7.46. The Labute approximate surface area is 122 Å². The van der Waals surface area contributed by atoms with Gasteiger partial charge in [-0.2, -0.15) is 0 Å². The van der Waals surface area contributed by atoms with E-state index < -0.39 is 0 Å². The number of hydrogen-bond donors (Lipinski definition) is 2. The summed E-state index contributed by atoms with van der Waals surface area (Å²) in [7, 11) is 0. The van der Waals surface area contributed by atoms with Gasteiger partial charge in [0.25, 0.3) is 0 Å². The van der Waals surface area contributed by atoms with Gasteiger partial charge in [-0.15, -0.1) is 0 Å². The molecule has 0 unspecified atom stereocenters. The van der Waals surface area contributed by atoms with Crippen molar-refractivity contribution in [3.8, 4) is 0 Å². The maximum Gasteiger partial charge on any atom is 0.0629 e. The Hall–Kier alpha value is -1.48. The first kappa shape index (κ1) is 12.5. The fourth-order valence-corrected chi connectivity index (χ4v) is 3.04. The van der Waals surface area contributed by atoms with Gasteiger partial charge in [-0.05, 0) is 61.1 Å². The molecule has 0 aromatic heterocycles. The number of nitrogens with one attached hydrogen (secondary N) is 1. The lowest BCUT2D eigenvalue weighted by molar-refractivity contribution is 0.687. The second kappa shape index (κ2) is 5.25. The normalized spacial score (nSPS) is 13.9. The van der Waals surface area contributed by atoms with Gasteiger partial charge in [-0.1, -0.05) is 28.1 Å². The summed E-state index contributed by atoms with van der Waals surface area (Å²) in [5, 5.41) is 3.49. The summed E-state index contributed by atoms with van der Waals surface area (Å²) in [6.07, 6.45) is 4.93. The first-order chi connectivity index (χ1) is 9.24. The second-order valence-corrected chi connectivity index (χ2v) is 5.92. The number of halogens is 1. The standard InChI is InChI=1S/C16H17BrN2/c17-12-8-9-14(18)16(10-12)19-15-7-3-5-11-4-1-2-6-13(11)15/h3,5,7-10,19H,1-2,4,6,18H2. The quantitative estimate of drug-likeness (QED) is 0.791. The molecule has 0 atom stereocenters. The molecule has 0 heterocycles. The minimum absolute atomic E-state index is 0.775. The number of nitrogen functional groups attached to an aromatic ring is 1. The highest BCUT2D eigenvalue weighted by Gasteiger charge is 2.13. The summed E-state index contributed by atoms with van der Waals surface area (Å²) in [5.74, 6) is 0. The molecular weight excluding hydrogens is 300 g/mol. The van der Waals surface area contributed by atoms with Gasteiger partial charge in [-0.3, -0.25) is 0 Å². The first-order valence-electron chi connectivity index (χ1n) is 6.67. The van der Waals surface area contributed by atoms with Crippen LogP contribution < -0.4 is 11.1 Å². The molecular formula is C16H17BrN2. The van der Waals surface area contributed by atoms with Crippen molar-refractivity contribution < 1.29 is 0 Å². The van der Waals surface area contributed by atoms with E-state index in [1.165, 1.54) is 36.1 Å². The van der Waals surface area contributed by atoms with Gasteiger partial charge < -0.3 is 11.1 Å². The molecule has 0 fully saturated rings. The molecule has 0 bridgehead atoms. The van der Waals surface area contributed by atoms with E-state index in [-0.39, 0.29) is 0 Å². The molecule has 0 saturated carbocycles. The zero-order chi connectivity index (χ0) is 13.2. The highest BCUT2D eigenvalue weighted by molar-refractivity contribution is 9.10. The Morgan fingerprint density at radius 2 is 1.84 bits per heavy atom. The molecule has 1 aliphatic rings. The van der Waals surface area contributed by atoms with Crippen LogP contribution in [0.4, 0.5) is 17.1 Å². The molecule has 0 spiro atoms. The van der Waals surface area contributed by atoms with E-state index in [0.29, 0.717) is 0 Å². The van der Waals surface area contributed by atoms with Crippen LogP contribution in [-0.2, 0) is 12.8 Å². The highest BCUT2D eigenvalue weighted by Crippen LogP contribution is 2.32. The Kier molecular flexibility index (Phi) is 3.47. The van der Waals surface area contributed by atoms with Crippen molar-refractivity contribution in [2.24, 2.45) is 0 Å². The highest BCUT2D eigenvalue weighted by atomic mass is 79.9. The lowest BCUT2D eigenvalue weighted by atomic mass is 9.90. The smallest absolute Gasteiger partial charge is 0.0629 e. The van der Waals surface area contributed by atoms with Crippen molar-refractivity contribution in [2.75, 3.05) is 11.1 Å². The molecule has 0 saturated heterocycles. The molecule has 2 aromatic rings. The number of anilines is 3. The third-order valence-electron chi connectivity index (χ3n) is 3.68. The molecule has 3 heteroatoms. The van der Waals surface area contributed by atoms with E-state index in [2.05, 4.69) is 39.4 Å². The molecule has 2 aromatic carbocycles. The topological polar surface area (TPSA) is 38.0 Å². The van der Waals surface area contributed by atoms with Crippen LogP contribution >= 0.6 is 15.9 Å². The largest absolute Gasteiger partial charge is 0.397 e. The van der Waals surface area contributed by atoms with Crippen molar-refractivity contribution >= 4 is 33.0 Å². The van der Waals surface area contributed by atoms with Crippen molar-refractivity contribution in [3.05, 3.63) is 52.0 Å². The molecule has 3 N–H and O–H groups in total. The van der Waals surface area contributed by atoms with Gasteiger partial charge in [0.1, 0.15) is 0 Å². The molecule has 0 aliphatic heterocycles. The molecule has 0 amide bonds. The molecule has 98 valence electrons. The van der Waals surface area contributed by atoms with Crippen LogP contribution in [0.25, 0.3) is 0 Å². The van der Waals surface area contributed by atoms with Crippen LogP contribution in [0.5, 0.6) is 0 Å². The van der Waals surface area contributed by atoms with Gasteiger partial charge in [0.05, 0.1) is 11.4 Å². The van der Waals surface area contributed by atoms with Crippen LogP contribution in [0.2, 0.25) is 0 Å². The second-order valence-electron chi connectivity index (χ2n) is 5.01. The zero-order valence-electron chi connectivity index (χ0n) is 10.7. The van der Waals surface area contributed by atoms with E-state index in [1.807, 2.05) is 18.2 Å². The van der Waals surface area contributed by atoms with Crippen molar-refractivity contribution in [3.63, 3.8) is 0 Å². The Balaban J connectivity index is 1.97. The molecule has 3 rings (SSSR count). The van der Waals surface area contributed by atoms with Crippen LogP contribution in [0.15, 0.2) is 40.9 Å². The molecule has 1 aliphatic carbocycles. The Morgan fingerprint density at radius 1 is 1.00 bits per heavy atom. The number of rotatable bonds is 2. The van der Waals surface area contributed by atoms with Crippen LogP contribution in [-0.4, -0.2) is 0 Å². The average molecular weight is 317 g/mol. The number of aryl methyl sites for hydroxylation is 1. The number of fused-ring (bicyclic) bond motifs is 1. The van der Waals surface area contributed by atoms with Gasteiger partial charge in [0.15, 0.2) is 0 Å². The van der Waals surface area contributed by atoms with Crippen LogP contribution in [0.3, 0.4) is 0 Å². The van der Waals surface area contributed by atoms with E-state index >= 15 is 0 Å². The Bertz CT molecular complexity index is 608. The maximum atomic E-state index is 6.03. The molecule has 2 nitrogen and oxygen atoms in total. The number of hydrogen-bond acceptors (Lipinski definition) is 2. The minimum Gasteiger partial charge on any atom is -0.397 e. The molecule has 0 radical (unpaired) electrons. The lowest BCUT2D eigenvalue weighted by Gasteiger charge is -2.20. The summed E-state index contributed by atoms with van der Waals surface area (Å²) in [6.45, 7) is 0. The zero-order valence-corrected chi connectivity index (χ0v) is 12.3. The summed E-state index contributed by atoms with van der Waals surface area (Å²) >= 11 is 3.49. The van der Waals surface area contributed by atoms with Gasteiger partial charge in [0, 0.05) is 10.2 Å². The molecule has 19 heavy (non-hydrogen) atoms. The summed E-state index contributed by atoms with van der Waals surface area (Å²) in [4.78, 5) is 0. The average Bonchev–Trinajstić information content (AvgIpc) is 2.43. The predicted octanol–water partition coefficient (Wildman–Crippen LogP) is 4.65. The van der Waals surface area contributed by atoms with E-state index in [9.17, 15) is 0 Å². The fourth-order valence-electron chi connectivity index (χ4n) is 2.68. The predicted molar refractivity (Wildman–Crippen MR) is 84.9 cm³/mol. The van der Waals surface area contributed by atoms with Crippen molar-refractivity contribution in [2.45, 2.75) is 25.7 Å². The number of nitrogens with two attached hydrogens (primary N) is 1. The van der Waals surface area contributed by atoms with Gasteiger partial charge >= 0.3 is 0 Å². The third-order valence-corrected chi connectivity index (χ3v) is 4.17. The minimum atomic E-state index is 0.775. The number of benzene rings is 2. The SMILES string of the molecule is Nc1ccc(Br)cc1Nc1cccc2c1CCCC2. The lowest BCUT2D eigenvalue weighted by Crippen LogP contribution is -2.06. The van der Waals surface area contributed by atoms with Gasteiger partial charge in [0.2, 0.25) is 0 Å². The maximum absolute atomic E-state index is 6.03. The van der Waals surface area contributed by atoms with E-state index in [1.54, 1.807) is 0 Å². The fraction of sp³-hybridized carbons (Fsp3) is 0.250. The summed E-state index contributed by atoms with van der Waals surface area (Å²) in [6, 6.07) is 12.4. The van der Waals surface area contributed by atoms with Crippen molar-refractivity contribution in [1.29, 1.82) is 0 Å². The van der Waals surface area contributed by atoms with E-state index in [0.717, 1.165) is 22.3 Å². The third kappa shape index (κ3) is 2.61. The van der Waals surface area contributed by atoms with Crippen molar-refractivity contribution in [1.82, 2.24) is 0 Å².